The fraction of sp³-hybridized carbons (Fsp3) is 0.231. The van der Waals surface area contributed by atoms with Crippen molar-refractivity contribution in [3.05, 3.63) is 37.7 Å². The van der Waals surface area contributed by atoms with Crippen molar-refractivity contribution >= 4 is 67.3 Å². The highest BCUT2D eigenvalue weighted by molar-refractivity contribution is 9.10. The maximum Gasteiger partial charge on any atom is 0.305 e. The van der Waals surface area contributed by atoms with Crippen LogP contribution in [0.4, 0.5) is 10.8 Å². The molecular formula is C13H11BrCl2N2O2S. The van der Waals surface area contributed by atoms with Crippen LogP contribution in [-0.2, 0) is 16.0 Å². The standard InChI is InChI=1S/C13H11BrCl2N2O2S/c1-20-10(19)5-2-7-6-21-13(17-7)18-9-4-3-8(14)11(15)12(9)16/h3-4,6H,2,5H2,1H3,(H,17,18). The van der Waals surface area contributed by atoms with Gasteiger partial charge in [0.25, 0.3) is 0 Å². The molecule has 0 atom stereocenters. The molecule has 0 radical (unpaired) electrons. The van der Waals surface area contributed by atoms with E-state index in [0.29, 0.717) is 33.7 Å². The van der Waals surface area contributed by atoms with E-state index in [4.69, 9.17) is 23.2 Å². The maximum absolute atomic E-state index is 11.1. The number of hydrogen-bond donors (Lipinski definition) is 1. The van der Waals surface area contributed by atoms with E-state index in [1.54, 1.807) is 0 Å². The maximum atomic E-state index is 11.1. The molecule has 1 aromatic heterocycles. The third-order valence-corrected chi connectivity index (χ3v) is 5.22. The van der Waals surface area contributed by atoms with Crippen molar-refractivity contribution in [2.75, 3.05) is 12.4 Å². The number of thiazole rings is 1. The molecule has 0 saturated carbocycles. The Labute approximate surface area is 144 Å². The molecule has 0 aliphatic heterocycles. The number of nitrogens with zero attached hydrogens (tertiary/aromatic N) is 1. The largest absolute Gasteiger partial charge is 0.469 e. The van der Waals surface area contributed by atoms with Crippen LogP contribution in [0.15, 0.2) is 22.0 Å². The molecule has 0 unspecified atom stereocenters. The smallest absolute Gasteiger partial charge is 0.305 e. The van der Waals surface area contributed by atoms with Crippen molar-refractivity contribution < 1.29 is 9.53 Å². The van der Waals surface area contributed by atoms with E-state index in [1.165, 1.54) is 18.4 Å². The Balaban J connectivity index is 2.06. The van der Waals surface area contributed by atoms with E-state index in [9.17, 15) is 4.79 Å². The summed E-state index contributed by atoms with van der Waals surface area (Å²) in [5.74, 6) is -0.250. The van der Waals surface area contributed by atoms with Gasteiger partial charge in [0.05, 0.1) is 35.0 Å². The van der Waals surface area contributed by atoms with E-state index in [0.717, 1.165) is 10.2 Å². The number of benzene rings is 1. The summed E-state index contributed by atoms with van der Waals surface area (Å²) in [6.07, 6.45) is 0.851. The van der Waals surface area contributed by atoms with Crippen LogP contribution in [0.2, 0.25) is 10.0 Å². The molecule has 4 nitrogen and oxygen atoms in total. The Morgan fingerprint density at radius 3 is 2.90 bits per heavy atom. The summed E-state index contributed by atoms with van der Waals surface area (Å²) < 4.78 is 5.33. The lowest BCUT2D eigenvalue weighted by Crippen LogP contribution is -2.02. The Kier molecular flexibility index (Phi) is 5.87. The first-order valence-corrected chi connectivity index (χ1v) is 8.36. The lowest BCUT2D eigenvalue weighted by Gasteiger charge is -2.07. The van der Waals surface area contributed by atoms with Crippen molar-refractivity contribution in [2.24, 2.45) is 0 Å². The van der Waals surface area contributed by atoms with Gasteiger partial charge in [-0.25, -0.2) is 4.98 Å². The molecule has 0 bridgehead atoms. The number of halogens is 3. The molecule has 0 amide bonds. The minimum Gasteiger partial charge on any atom is -0.469 e. The highest BCUT2D eigenvalue weighted by Crippen LogP contribution is 2.37. The van der Waals surface area contributed by atoms with Crippen LogP contribution in [-0.4, -0.2) is 18.1 Å². The average Bonchev–Trinajstić information content (AvgIpc) is 2.93. The quantitative estimate of drug-likeness (QED) is 0.553. The van der Waals surface area contributed by atoms with E-state index in [2.05, 4.69) is 31.0 Å². The van der Waals surface area contributed by atoms with E-state index < -0.39 is 0 Å². The Morgan fingerprint density at radius 2 is 2.19 bits per heavy atom. The number of aryl methyl sites for hydroxylation is 1. The first-order chi connectivity index (χ1) is 10.0. The van der Waals surface area contributed by atoms with Crippen molar-refractivity contribution in [2.45, 2.75) is 12.8 Å². The molecule has 2 aromatic rings. The molecular weight excluding hydrogens is 399 g/mol. The molecule has 8 heteroatoms. The number of hydrogen-bond acceptors (Lipinski definition) is 5. The first kappa shape index (κ1) is 16.5. The Bertz CT molecular complexity index is 664. The van der Waals surface area contributed by atoms with Gasteiger partial charge in [-0.1, -0.05) is 23.2 Å². The van der Waals surface area contributed by atoms with Gasteiger partial charge in [0.2, 0.25) is 0 Å². The van der Waals surface area contributed by atoms with E-state index in [1.807, 2.05) is 17.5 Å². The molecule has 1 aromatic carbocycles. The number of methoxy groups -OCH3 is 1. The molecule has 2 rings (SSSR count). The monoisotopic (exact) mass is 408 g/mol. The summed E-state index contributed by atoms with van der Waals surface area (Å²) in [5, 5.41) is 6.57. The molecule has 0 spiro atoms. The van der Waals surface area contributed by atoms with E-state index in [-0.39, 0.29) is 5.97 Å². The van der Waals surface area contributed by atoms with Crippen LogP contribution in [0.3, 0.4) is 0 Å². The van der Waals surface area contributed by atoms with Gasteiger partial charge in [-0.3, -0.25) is 4.79 Å². The third-order valence-electron chi connectivity index (χ3n) is 2.64. The van der Waals surface area contributed by atoms with Crippen LogP contribution < -0.4 is 5.32 Å². The minimum atomic E-state index is -0.250. The van der Waals surface area contributed by atoms with Crippen LogP contribution in [0.25, 0.3) is 0 Å². The van der Waals surface area contributed by atoms with Gasteiger partial charge in [-0.2, -0.15) is 0 Å². The lowest BCUT2D eigenvalue weighted by molar-refractivity contribution is -0.140. The second-order valence-electron chi connectivity index (χ2n) is 4.07. The molecule has 112 valence electrons. The summed E-state index contributed by atoms with van der Waals surface area (Å²) in [7, 11) is 1.37. The second-order valence-corrected chi connectivity index (χ2v) is 6.54. The number of carbonyl (C=O) groups is 1. The summed E-state index contributed by atoms with van der Waals surface area (Å²) in [5.41, 5.74) is 1.51. The van der Waals surface area contributed by atoms with Crippen LogP contribution >= 0.6 is 50.5 Å². The highest BCUT2D eigenvalue weighted by atomic mass is 79.9. The number of rotatable bonds is 5. The van der Waals surface area contributed by atoms with Gasteiger partial charge in [-0.05, 0) is 28.1 Å². The van der Waals surface area contributed by atoms with Gasteiger partial charge in [-0.15, -0.1) is 11.3 Å². The van der Waals surface area contributed by atoms with Gasteiger partial charge in [0.1, 0.15) is 0 Å². The summed E-state index contributed by atoms with van der Waals surface area (Å²) in [6.45, 7) is 0. The molecule has 0 saturated heterocycles. The number of ether oxygens (including phenoxy) is 1. The number of anilines is 2. The fourth-order valence-electron chi connectivity index (χ4n) is 1.55. The molecule has 1 N–H and O–H groups in total. The molecule has 0 aliphatic carbocycles. The van der Waals surface area contributed by atoms with Crippen molar-refractivity contribution in [1.29, 1.82) is 0 Å². The number of esters is 1. The normalized spacial score (nSPS) is 10.5. The number of nitrogens with one attached hydrogen (secondary N) is 1. The van der Waals surface area contributed by atoms with Crippen molar-refractivity contribution in [3.8, 4) is 0 Å². The van der Waals surface area contributed by atoms with E-state index >= 15 is 0 Å². The van der Waals surface area contributed by atoms with Crippen molar-refractivity contribution in [1.82, 2.24) is 4.98 Å². The lowest BCUT2D eigenvalue weighted by atomic mass is 10.2. The predicted molar refractivity (Wildman–Crippen MR) is 89.9 cm³/mol. The third kappa shape index (κ3) is 4.32. The van der Waals surface area contributed by atoms with Crippen LogP contribution in [0, 0.1) is 0 Å². The highest BCUT2D eigenvalue weighted by Gasteiger charge is 2.11. The molecule has 0 aliphatic rings. The van der Waals surface area contributed by atoms with Crippen LogP contribution in [0.1, 0.15) is 12.1 Å². The summed E-state index contributed by atoms with van der Waals surface area (Å²) in [4.78, 5) is 15.5. The number of carbonyl (C=O) groups excluding carboxylic acids is 1. The first-order valence-electron chi connectivity index (χ1n) is 5.93. The van der Waals surface area contributed by atoms with Crippen molar-refractivity contribution in [3.63, 3.8) is 0 Å². The Morgan fingerprint density at radius 1 is 1.43 bits per heavy atom. The zero-order chi connectivity index (χ0) is 15.4. The zero-order valence-corrected chi connectivity index (χ0v) is 14.9. The molecule has 0 fully saturated rings. The number of aromatic nitrogens is 1. The zero-order valence-electron chi connectivity index (χ0n) is 11.0. The van der Waals surface area contributed by atoms with Gasteiger partial charge < -0.3 is 10.1 Å². The summed E-state index contributed by atoms with van der Waals surface area (Å²) >= 11 is 17.0. The average molecular weight is 410 g/mol. The fourth-order valence-corrected chi connectivity index (χ4v) is 3.13. The Hall–Kier alpha value is -0.820. The van der Waals surface area contributed by atoms with Gasteiger partial charge in [0.15, 0.2) is 5.13 Å². The van der Waals surface area contributed by atoms with Gasteiger partial charge >= 0.3 is 5.97 Å². The predicted octanol–water partition coefficient (Wildman–Crippen LogP) is 5.06. The van der Waals surface area contributed by atoms with Crippen LogP contribution in [0.5, 0.6) is 0 Å². The summed E-state index contributed by atoms with van der Waals surface area (Å²) in [6, 6.07) is 3.62. The van der Waals surface area contributed by atoms with Gasteiger partial charge in [0, 0.05) is 16.3 Å². The second kappa shape index (κ2) is 7.45. The molecule has 1 heterocycles. The molecule has 21 heavy (non-hydrogen) atoms. The minimum absolute atomic E-state index is 0.250. The SMILES string of the molecule is COC(=O)CCc1csc(Nc2ccc(Br)c(Cl)c2Cl)n1. The topological polar surface area (TPSA) is 51.2 Å².